The quantitative estimate of drug-likeness (QED) is 0.303. The SMILES string of the molecule is Cc1ccc(NC(=O)N(Cc2ccccc2)Cc2cccn2Cc2cccc(C(F)(F)F)c2)cc1. The summed E-state index contributed by atoms with van der Waals surface area (Å²) in [5.41, 5.74) is 3.44. The molecule has 0 aliphatic carbocycles. The molecule has 0 fully saturated rings. The Morgan fingerprint density at radius 3 is 2.29 bits per heavy atom. The second-order valence-electron chi connectivity index (χ2n) is 8.46. The van der Waals surface area contributed by atoms with Crippen LogP contribution in [-0.4, -0.2) is 15.5 Å². The predicted octanol–water partition coefficient (Wildman–Crippen LogP) is 7.10. The Morgan fingerprint density at radius 2 is 1.57 bits per heavy atom. The van der Waals surface area contributed by atoms with E-state index in [2.05, 4.69) is 5.32 Å². The van der Waals surface area contributed by atoms with Gasteiger partial charge < -0.3 is 14.8 Å². The number of halogens is 3. The largest absolute Gasteiger partial charge is 0.416 e. The standard InChI is InChI=1S/C28H26F3N3O/c1-21-12-14-25(15-13-21)32-27(35)34(18-22-7-3-2-4-8-22)20-26-11-6-16-33(26)19-23-9-5-10-24(17-23)28(29,30)31/h2-17H,18-20H2,1H3,(H,32,35). The maximum absolute atomic E-state index is 13.2. The number of aromatic nitrogens is 1. The molecule has 0 saturated heterocycles. The number of hydrogen-bond donors (Lipinski definition) is 1. The van der Waals surface area contributed by atoms with E-state index < -0.39 is 11.7 Å². The van der Waals surface area contributed by atoms with Crippen molar-refractivity contribution in [2.45, 2.75) is 32.7 Å². The van der Waals surface area contributed by atoms with Gasteiger partial charge in [-0.1, -0.05) is 60.2 Å². The number of aryl methyl sites for hydroxylation is 1. The first-order chi connectivity index (χ1) is 16.8. The fraction of sp³-hybridized carbons (Fsp3) is 0.179. The highest BCUT2D eigenvalue weighted by Crippen LogP contribution is 2.29. The van der Waals surface area contributed by atoms with Crippen molar-refractivity contribution in [3.63, 3.8) is 0 Å². The van der Waals surface area contributed by atoms with E-state index in [0.29, 0.717) is 24.3 Å². The maximum atomic E-state index is 13.2. The minimum atomic E-state index is -4.39. The second-order valence-corrected chi connectivity index (χ2v) is 8.46. The molecular weight excluding hydrogens is 451 g/mol. The van der Waals surface area contributed by atoms with Gasteiger partial charge in [0, 0.05) is 30.7 Å². The lowest BCUT2D eigenvalue weighted by Gasteiger charge is -2.24. The molecule has 4 nitrogen and oxygen atoms in total. The van der Waals surface area contributed by atoms with Crippen LogP contribution in [0.15, 0.2) is 97.2 Å². The molecule has 3 aromatic carbocycles. The fourth-order valence-electron chi connectivity index (χ4n) is 3.83. The molecule has 0 unspecified atom stereocenters. The third-order valence-electron chi connectivity index (χ3n) is 5.69. The topological polar surface area (TPSA) is 37.3 Å². The number of hydrogen-bond acceptors (Lipinski definition) is 1. The maximum Gasteiger partial charge on any atom is 0.416 e. The Bertz CT molecular complexity index is 1260. The molecule has 0 atom stereocenters. The average molecular weight is 478 g/mol. The molecule has 0 bridgehead atoms. The molecule has 35 heavy (non-hydrogen) atoms. The van der Waals surface area contributed by atoms with Gasteiger partial charge in [-0.2, -0.15) is 13.2 Å². The lowest BCUT2D eigenvalue weighted by molar-refractivity contribution is -0.137. The molecule has 2 amide bonds. The van der Waals surface area contributed by atoms with E-state index in [-0.39, 0.29) is 12.6 Å². The van der Waals surface area contributed by atoms with Gasteiger partial charge in [-0.3, -0.25) is 0 Å². The first-order valence-electron chi connectivity index (χ1n) is 11.2. The molecule has 1 heterocycles. The van der Waals surface area contributed by atoms with Crippen molar-refractivity contribution in [1.29, 1.82) is 0 Å². The first kappa shape index (κ1) is 24.1. The molecule has 180 valence electrons. The monoisotopic (exact) mass is 477 g/mol. The van der Waals surface area contributed by atoms with Gasteiger partial charge in [0.15, 0.2) is 0 Å². The predicted molar refractivity (Wildman–Crippen MR) is 131 cm³/mol. The molecule has 4 aromatic rings. The van der Waals surface area contributed by atoms with Crippen LogP contribution in [0.1, 0.15) is 27.9 Å². The summed E-state index contributed by atoms with van der Waals surface area (Å²) in [4.78, 5) is 14.9. The third-order valence-corrected chi connectivity index (χ3v) is 5.69. The smallest absolute Gasteiger partial charge is 0.345 e. The summed E-state index contributed by atoms with van der Waals surface area (Å²) in [6, 6.07) is 26.0. The molecule has 4 rings (SSSR count). The molecule has 0 aliphatic rings. The molecule has 1 aromatic heterocycles. The van der Waals surface area contributed by atoms with Crippen LogP contribution in [0.25, 0.3) is 0 Å². The summed E-state index contributed by atoms with van der Waals surface area (Å²) in [5.74, 6) is 0. The summed E-state index contributed by atoms with van der Waals surface area (Å²) in [7, 11) is 0. The Balaban J connectivity index is 1.55. The van der Waals surface area contributed by atoms with Crippen LogP contribution in [-0.2, 0) is 25.8 Å². The van der Waals surface area contributed by atoms with Crippen LogP contribution in [0, 0.1) is 6.92 Å². The van der Waals surface area contributed by atoms with E-state index in [0.717, 1.165) is 29.0 Å². The zero-order valence-electron chi connectivity index (χ0n) is 19.3. The van der Waals surface area contributed by atoms with Crippen molar-refractivity contribution in [2.24, 2.45) is 0 Å². The molecule has 7 heteroatoms. The number of carbonyl (C=O) groups is 1. The highest BCUT2D eigenvalue weighted by molar-refractivity contribution is 5.89. The first-order valence-corrected chi connectivity index (χ1v) is 11.2. The third kappa shape index (κ3) is 6.53. The molecule has 0 radical (unpaired) electrons. The number of rotatable bonds is 7. The van der Waals surface area contributed by atoms with Gasteiger partial charge in [0.2, 0.25) is 0 Å². The van der Waals surface area contributed by atoms with Crippen LogP contribution in [0.2, 0.25) is 0 Å². The molecule has 1 N–H and O–H groups in total. The molecule has 0 saturated carbocycles. The number of nitrogens with zero attached hydrogens (tertiary/aromatic N) is 2. The minimum Gasteiger partial charge on any atom is -0.345 e. The van der Waals surface area contributed by atoms with Gasteiger partial charge >= 0.3 is 12.2 Å². The van der Waals surface area contributed by atoms with Crippen molar-refractivity contribution in [3.8, 4) is 0 Å². The van der Waals surface area contributed by atoms with Crippen molar-refractivity contribution in [1.82, 2.24) is 9.47 Å². The normalized spacial score (nSPS) is 11.3. The van der Waals surface area contributed by atoms with E-state index in [9.17, 15) is 18.0 Å². The number of urea groups is 1. The highest BCUT2D eigenvalue weighted by atomic mass is 19.4. The fourth-order valence-corrected chi connectivity index (χ4v) is 3.83. The summed E-state index contributed by atoms with van der Waals surface area (Å²) in [6.45, 7) is 2.92. The van der Waals surface area contributed by atoms with E-state index in [1.807, 2.05) is 84.4 Å². The summed E-state index contributed by atoms with van der Waals surface area (Å²) < 4.78 is 41.3. The number of alkyl halides is 3. The van der Waals surface area contributed by atoms with Crippen LogP contribution in [0.5, 0.6) is 0 Å². The lowest BCUT2D eigenvalue weighted by atomic mass is 10.1. The number of carbonyl (C=O) groups excluding carboxylic acids is 1. The van der Waals surface area contributed by atoms with Gasteiger partial charge in [-0.05, 0) is 54.4 Å². The van der Waals surface area contributed by atoms with Gasteiger partial charge in [0.25, 0.3) is 0 Å². The Labute approximate surface area is 202 Å². The van der Waals surface area contributed by atoms with Gasteiger partial charge in [0.1, 0.15) is 0 Å². The summed E-state index contributed by atoms with van der Waals surface area (Å²) in [6.07, 6.45) is -2.58. The van der Waals surface area contributed by atoms with Gasteiger partial charge in [0.05, 0.1) is 12.1 Å². The van der Waals surface area contributed by atoms with Gasteiger partial charge in [-0.25, -0.2) is 4.79 Å². The summed E-state index contributed by atoms with van der Waals surface area (Å²) in [5, 5.41) is 2.95. The van der Waals surface area contributed by atoms with E-state index in [1.54, 1.807) is 11.0 Å². The zero-order chi connectivity index (χ0) is 24.8. The minimum absolute atomic E-state index is 0.260. The van der Waals surface area contributed by atoms with Crippen LogP contribution in [0.3, 0.4) is 0 Å². The van der Waals surface area contributed by atoms with Crippen LogP contribution < -0.4 is 5.32 Å². The Kier molecular flexibility index (Phi) is 7.25. The molecule has 0 spiro atoms. The Hall–Kier alpha value is -4.00. The second kappa shape index (κ2) is 10.5. The van der Waals surface area contributed by atoms with Crippen LogP contribution in [0.4, 0.5) is 23.7 Å². The van der Waals surface area contributed by atoms with Crippen molar-refractivity contribution in [2.75, 3.05) is 5.32 Å². The lowest BCUT2D eigenvalue weighted by Crippen LogP contribution is -2.34. The highest BCUT2D eigenvalue weighted by Gasteiger charge is 2.30. The van der Waals surface area contributed by atoms with E-state index in [1.165, 1.54) is 6.07 Å². The summed E-state index contributed by atoms with van der Waals surface area (Å²) >= 11 is 0. The van der Waals surface area contributed by atoms with E-state index >= 15 is 0 Å². The zero-order valence-corrected chi connectivity index (χ0v) is 19.3. The van der Waals surface area contributed by atoms with Gasteiger partial charge in [-0.15, -0.1) is 0 Å². The van der Waals surface area contributed by atoms with Crippen molar-refractivity contribution >= 4 is 11.7 Å². The van der Waals surface area contributed by atoms with Crippen molar-refractivity contribution in [3.05, 3.63) is 125 Å². The molecule has 0 aliphatic heterocycles. The number of benzene rings is 3. The number of nitrogens with one attached hydrogen (secondary N) is 1. The Morgan fingerprint density at radius 1 is 0.857 bits per heavy atom. The van der Waals surface area contributed by atoms with E-state index in [4.69, 9.17) is 0 Å². The molecular formula is C28H26F3N3O. The van der Waals surface area contributed by atoms with Crippen LogP contribution >= 0.6 is 0 Å². The average Bonchev–Trinajstić information content (AvgIpc) is 3.27. The van der Waals surface area contributed by atoms with Crippen molar-refractivity contribution < 1.29 is 18.0 Å². The number of anilines is 1. The number of amides is 2.